The molecule has 2 rings (SSSR count). The van der Waals surface area contributed by atoms with Crippen LogP contribution in [0, 0.1) is 0 Å². The summed E-state index contributed by atoms with van der Waals surface area (Å²) in [5.41, 5.74) is 0.841. The summed E-state index contributed by atoms with van der Waals surface area (Å²) < 4.78 is 16.3. The molecule has 1 aromatic carbocycles. The van der Waals surface area contributed by atoms with Crippen molar-refractivity contribution in [1.82, 2.24) is 10.6 Å². The summed E-state index contributed by atoms with van der Waals surface area (Å²) in [6, 6.07) is 3.23. The van der Waals surface area contributed by atoms with E-state index in [1.54, 1.807) is 13.2 Å². The monoisotopic (exact) mass is 342 g/mol. The summed E-state index contributed by atoms with van der Waals surface area (Å²) in [7, 11) is 1.56. The molecule has 0 saturated carbocycles. The predicted molar refractivity (Wildman–Crippen MR) is 88.2 cm³/mol. The van der Waals surface area contributed by atoms with E-state index in [2.05, 4.69) is 10.6 Å². The van der Waals surface area contributed by atoms with Crippen molar-refractivity contribution in [2.75, 3.05) is 26.9 Å². The molecule has 0 aromatic heterocycles. The largest absolute Gasteiger partial charge is 0.493 e. The molecule has 6 nitrogen and oxygen atoms in total. The molecular formula is C16H23ClN2O4. The number of ether oxygens (including phenoxy) is 3. The molecule has 2 atom stereocenters. The van der Waals surface area contributed by atoms with Crippen LogP contribution >= 0.6 is 11.6 Å². The zero-order valence-electron chi connectivity index (χ0n) is 13.6. The van der Waals surface area contributed by atoms with E-state index >= 15 is 0 Å². The number of rotatable bonds is 6. The first-order valence-corrected chi connectivity index (χ1v) is 8.06. The van der Waals surface area contributed by atoms with Gasteiger partial charge in [0.2, 0.25) is 5.91 Å². The van der Waals surface area contributed by atoms with E-state index in [1.807, 2.05) is 19.9 Å². The van der Waals surface area contributed by atoms with E-state index < -0.39 is 0 Å². The van der Waals surface area contributed by atoms with Crippen molar-refractivity contribution < 1.29 is 19.0 Å². The van der Waals surface area contributed by atoms with Crippen molar-refractivity contribution >= 4 is 17.5 Å². The van der Waals surface area contributed by atoms with Crippen LogP contribution in [0.5, 0.6) is 11.5 Å². The fraction of sp³-hybridized carbons (Fsp3) is 0.562. The molecule has 1 aliphatic rings. The normalized spacial score (nSPS) is 20.9. The summed E-state index contributed by atoms with van der Waals surface area (Å²) >= 11 is 6.23. The quantitative estimate of drug-likeness (QED) is 0.824. The van der Waals surface area contributed by atoms with Gasteiger partial charge in [0.05, 0.1) is 31.5 Å². The number of hydrogen-bond donors (Lipinski definition) is 2. The predicted octanol–water partition coefficient (Wildman–Crippen LogP) is 1.74. The van der Waals surface area contributed by atoms with Crippen LogP contribution < -0.4 is 20.1 Å². The zero-order valence-corrected chi connectivity index (χ0v) is 14.4. The summed E-state index contributed by atoms with van der Waals surface area (Å²) in [5, 5.41) is 6.51. The standard InChI is InChI=1S/C16H23ClN2O4/c1-4-22-15-12(17)7-11(8-13(15)21-3)9-19-16(20)14-10(2)23-6-5-18-14/h7-8,10,14,18H,4-6,9H2,1-3H3,(H,19,20)/t10-,14+/m1/s1. The van der Waals surface area contributed by atoms with Crippen LogP contribution in [0.4, 0.5) is 0 Å². The second-order valence-corrected chi connectivity index (χ2v) is 5.67. The maximum atomic E-state index is 12.2. The van der Waals surface area contributed by atoms with E-state index in [4.69, 9.17) is 25.8 Å². The lowest BCUT2D eigenvalue weighted by Gasteiger charge is -2.29. The summed E-state index contributed by atoms with van der Waals surface area (Å²) in [5.74, 6) is 0.972. The van der Waals surface area contributed by atoms with Gasteiger partial charge in [-0.1, -0.05) is 11.6 Å². The third kappa shape index (κ3) is 4.50. The highest BCUT2D eigenvalue weighted by molar-refractivity contribution is 6.32. The molecule has 1 amide bonds. The maximum absolute atomic E-state index is 12.2. The lowest BCUT2D eigenvalue weighted by Crippen LogP contribution is -2.55. The van der Waals surface area contributed by atoms with E-state index in [-0.39, 0.29) is 18.1 Å². The van der Waals surface area contributed by atoms with Gasteiger partial charge in [0.15, 0.2) is 11.5 Å². The second kappa shape index (κ2) is 8.38. The Kier molecular flexibility index (Phi) is 6.50. The van der Waals surface area contributed by atoms with Crippen molar-refractivity contribution in [2.45, 2.75) is 32.5 Å². The number of carbonyl (C=O) groups is 1. The van der Waals surface area contributed by atoms with Gasteiger partial charge in [-0.05, 0) is 31.5 Å². The first kappa shape index (κ1) is 17.8. The summed E-state index contributed by atoms with van der Waals surface area (Å²) in [4.78, 5) is 12.2. The topological polar surface area (TPSA) is 68.8 Å². The Morgan fingerprint density at radius 1 is 1.52 bits per heavy atom. The van der Waals surface area contributed by atoms with Gasteiger partial charge in [-0.2, -0.15) is 0 Å². The molecule has 23 heavy (non-hydrogen) atoms. The highest BCUT2D eigenvalue weighted by atomic mass is 35.5. The molecule has 0 unspecified atom stereocenters. The second-order valence-electron chi connectivity index (χ2n) is 5.27. The van der Waals surface area contributed by atoms with Gasteiger partial charge in [0.1, 0.15) is 6.04 Å². The highest BCUT2D eigenvalue weighted by Gasteiger charge is 2.28. The zero-order chi connectivity index (χ0) is 16.8. The number of nitrogens with one attached hydrogen (secondary N) is 2. The van der Waals surface area contributed by atoms with Crippen LogP contribution in [0.15, 0.2) is 12.1 Å². The minimum Gasteiger partial charge on any atom is -0.493 e. The van der Waals surface area contributed by atoms with E-state index in [1.165, 1.54) is 0 Å². The van der Waals surface area contributed by atoms with Crippen molar-refractivity contribution in [2.24, 2.45) is 0 Å². The van der Waals surface area contributed by atoms with Gasteiger partial charge in [-0.15, -0.1) is 0 Å². The molecular weight excluding hydrogens is 320 g/mol. The third-order valence-electron chi connectivity index (χ3n) is 3.64. The smallest absolute Gasteiger partial charge is 0.240 e. The van der Waals surface area contributed by atoms with Crippen LogP contribution in [-0.2, 0) is 16.1 Å². The molecule has 2 N–H and O–H groups in total. The Balaban J connectivity index is 2.02. The lowest BCUT2D eigenvalue weighted by molar-refractivity contribution is -0.129. The van der Waals surface area contributed by atoms with Gasteiger partial charge in [0, 0.05) is 13.1 Å². The van der Waals surface area contributed by atoms with Crippen molar-refractivity contribution in [3.8, 4) is 11.5 Å². The third-order valence-corrected chi connectivity index (χ3v) is 3.92. The van der Waals surface area contributed by atoms with Crippen molar-refractivity contribution in [3.63, 3.8) is 0 Å². The first-order valence-electron chi connectivity index (χ1n) is 7.68. The SMILES string of the molecule is CCOc1c(Cl)cc(CNC(=O)[C@H]2NCCO[C@@H]2C)cc1OC. The first-order chi connectivity index (χ1) is 11.1. The number of hydrogen-bond acceptors (Lipinski definition) is 5. The fourth-order valence-corrected chi connectivity index (χ4v) is 2.77. The van der Waals surface area contributed by atoms with Crippen molar-refractivity contribution in [1.29, 1.82) is 0 Å². The number of halogens is 1. The highest BCUT2D eigenvalue weighted by Crippen LogP contribution is 2.36. The van der Waals surface area contributed by atoms with Crippen LogP contribution in [0.3, 0.4) is 0 Å². The summed E-state index contributed by atoms with van der Waals surface area (Å²) in [6.45, 7) is 5.91. The van der Waals surface area contributed by atoms with E-state index in [0.717, 1.165) is 5.56 Å². The van der Waals surface area contributed by atoms with Gasteiger partial charge in [0.25, 0.3) is 0 Å². The minimum atomic E-state index is -0.344. The Labute approximate surface area is 141 Å². The Bertz CT molecular complexity index is 553. The molecule has 128 valence electrons. The lowest BCUT2D eigenvalue weighted by atomic mass is 10.1. The Hall–Kier alpha value is -1.50. The number of morpholine rings is 1. The Morgan fingerprint density at radius 3 is 2.96 bits per heavy atom. The molecule has 1 aromatic rings. The van der Waals surface area contributed by atoms with Crippen LogP contribution in [0.1, 0.15) is 19.4 Å². The molecule has 0 aliphatic carbocycles. The van der Waals surface area contributed by atoms with Crippen LogP contribution in [-0.4, -0.2) is 44.9 Å². The molecule has 0 radical (unpaired) electrons. The number of carbonyl (C=O) groups excluding carboxylic acids is 1. The summed E-state index contributed by atoms with van der Waals surface area (Å²) in [6.07, 6.45) is -0.151. The molecule has 1 aliphatic heterocycles. The maximum Gasteiger partial charge on any atom is 0.240 e. The molecule has 0 spiro atoms. The number of amides is 1. The molecule has 1 fully saturated rings. The van der Waals surface area contributed by atoms with Crippen molar-refractivity contribution in [3.05, 3.63) is 22.7 Å². The average molecular weight is 343 g/mol. The number of benzene rings is 1. The van der Waals surface area contributed by atoms with E-state index in [9.17, 15) is 4.79 Å². The molecule has 7 heteroatoms. The van der Waals surface area contributed by atoms with Gasteiger partial charge < -0.3 is 24.8 Å². The fourth-order valence-electron chi connectivity index (χ4n) is 2.49. The number of methoxy groups -OCH3 is 1. The molecule has 1 heterocycles. The van der Waals surface area contributed by atoms with E-state index in [0.29, 0.717) is 42.8 Å². The van der Waals surface area contributed by atoms with Gasteiger partial charge in [-0.25, -0.2) is 0 Å². The van der Waals surface area contributed by atoms with Crippen LogP contribution in [0.2, 0.25) is 5.02 Å². The van der Waals surface area contributed by atoms with Crippen LogP contribution in [0.25, 0.3) is 0 Å². The molecule has 0 bridgehead atoms. The minimum absolute atomic E-state index is 0.0961. The van der Waals surface area contributed by atoms with Gasteiger partial charge in [-0.3, -0.25) is 4.79 Å². The molecule has 1 saturated heterocycles. The Morgan fingerprint density at radius 2 is 2.30 bits per heavy atom. The van der Waals surface area contributed by atoms with Gasteiger partial charge >= 0.3 is 0 Å². The average Bonchev–Trinajstić information content (AvgIpc) is 2.55.